The minimum atomic E-state index is -3.39. The third kappa shape index (κ3) is 4.01. The molecule has 0 radical (unpaired) electrons. The summed E-state index contributed by atoms with van der Waals surface area (Å²) in [4.78, 5) is 1.38. The first-order valence-electron chi connectivity index (χ1n) is 6.42. The normalized spacial score (nSPS) is 22.7. The van der Waals surface area contributed by atoms with Gasteiger partial charge in [-0.15, -0.1) is 11.3 Å². The molecule has 1 aliphatic carbocycles. The topological polar surface area (TPSA) is 58.2 Å². The minimum absolute atomic E-state index is 0.360. The number of rotatable bonds is 7. The van der Waals surface area contributed by atoms with Crippen LogP contribution in [0.5, 0.6) is 0 Å². The third-order valence-electron chi connectivity index (χ3n) is 3.36. The van der Waals surface area contributed by atoms with Gasteiger partial charge in [0.25, 0.3) is 0 Å². The maximum absolute atomic E-state index is 12.2. The Labute approximate surface area is 127 Å². The maximum atomic E-state index is 12.2. The van der Waals surface area contributed by atoms with Crippen molar-refractivity contribution in [3.8, 4) is 0 Å². The Morgan fingerprint density at radius 2 is 2.21 bits per heavy atom. The predicted octanol–water partition coefficient (Wildman–Crippen LogP) is 2.55. The van der Waals surface area contributed by atoms with Crippen molar-refractivity contribution in [2.45, 2.75) is 31.7 Å². The molecule has 1 saturated carbocycles. The van der Waals surface area contributed by atoms with Gasteiger partial charge in [-0.2, -0.15) is 0 Å². The number of nitrogens with one attached hydrogen (secondary N) is 2. The van der Waals surface area contributed by atoms with E-state index in [9.17, 15) is 8.42 Å². The van der Waals surface area contributed by atoms with Crippen molar-refractivity contribution in [1.82, 2.24) is 10.0 Å². The molecule has 1 aromatic rings. The predicted molar refractivity (Wildman–Crippen MR) is 81.9 cm³/mol. The monoisotopic (exact) mass is 366 g/mol. The molecule has 1 aromatic heterocycles. The molecule has 2 N–H and O–H groups in total. The molecule has 0 bridgehead atoms. The summed E-state index contributed by atoms with van der Waals surface area (Å²) in [5.74, 6) is 1.16. The maximum Gasteiger partial charge on any atom is 0.242 e. The van der Waals surface area contributed by atoms with Crippen LogP contribution in [-0.2, 0) is 16.6 Å². The lowest BCUT2D eigenvalue weighted by Gasteiger charge is -2.04. The van der Waals surface area contributed by atoms with Crippen molar-refractivity contribution in [1.29, 1.82) is 0 Å². The van der Waals surface area contributed by atoms with Gasteiger partial charge in [0.15, 0.2) is 0 Å². The second kappa shape index (κ2) is 6.22. The molecule has 1 aliphatic rings. The molecule has 7 heteroatoms. The number of sulfonamides is 1. The molecule has 0 aromatic carbocycles. The Bertz CT molecular complexity index is 542. The highest BCUT2D eigenvalue weighted by Crippen LogP contribution is 2.37. The number of halogens is 1. The summed E-state index contributed by atoms with van der Waals surface area (Å²) in [6, 6.07) is 1.75. The van der Waals surface area contributed by atoms with E-state index < -0.39 is 10.0 Å². The first-order valence-corrected chi connectivity index (χ1v) is 9.52. The zero-order valence-corrected chi connectivity index (χ0v) is 14.3. The highest BCUT2D eigenvalue weighted by atomic mass is 79.9. The van der Waals surface area contributed by atoms with E-state index in [1.54, 1.807) is 6.07 Å². The van der Waals surface area contributed by atoms with Gasteiger partial charge in [0.1, 0.15) is 4.90 Å². The quantitative estimate of drug-likeness (QED) is 0.779. The van der Waals surface area contributed by atoms with E-state index >= 15 is 0 Å². The molecule has 0 spiro atoms. The Balaban J connectivity index is 2.04. The summed E-state index contributed by atoms with van der Waals surface area (Å²) < 4.78 is 27.8. The van der Waals surface area contributed by atoms with Crippen LogP contribution in [0.3, 0.4) is 0 Å². The van der Waals surface area contributed by atoms with Crippen molar-refractivity contribution in [2.75, 3.05) is 13.1 Å². The lowest BCUT2D eigenvalue weighted by molar-refractivity contribution is 0.574. The van der Waals surface area contributed by atoms with Gasteiger partial charge in [0, 0.05) is 18.0 Å². The fourth-order valence-corrected chi connectivity index (χ4v) is 5.64. The van der Waals surface area contributed by atoms with E-state index in [-0.39, 0.29) is 0 Å². The Morgan fingerprint density at radius 1 is 1.53 bits per heavy atom. The van der Waals surface area contributed by atoms with Crippen LogP contribution in [0.1, 0.15) is 25.1 Å². The van der Waals surface area contributed by atoms with Crippen LogP contribution < -0.4 is 10.0 Å². The van der Waals surface area contributed by atoms with Gasteiger partial charge in [0.05, 0.1) is 3.79 Å². The van der Waals surface area contributed by atoms with Crippen LogP contribution in [0.25, 0.3) is 0 Å². The minimum Gasteiger partial charge on any atom is -0.312 e. The fraction of sp³-hybridized carbons (Fsp3) is 0.667. The van der Waals surface area contributed by atoms with E-state index in [2.05, 4.69) is 32.9 Å². The molecule has 0 aliphatic heterocycles. The second-order valence-corrected chi connectivity index (χ2v) is 9.15. The SMILES string of the molecule is CCNCc1cc(S(=O)(=O)NCC2CC2C)c(Br)s1. The Kier molecular flexibility index (Phi) is 5.05. The molecule has 108 valence electrons. The average molecular weight is 367 g/mol. The summed E-state index contributed by atoms with van der Waals surface area (Å²) in [5.41, 5.74) is 0. The number of hydrogen-bond donors (Lipinski definition) is 2. The van der Waals surface area contributed by atoms with Gasteiger partial charge in [-0.25, -0.2) is 13.1 Å². The molecule has 1 fully saturated rings. The molecular weight excluding hydrogens is 348 g/mol. The summed E-state index contributed by atoms with van der Waals surface area (Å²) >= 11 is 4.82. The highest BCUT2D eigenvalue weighted by molar-refractivity contribution is 9.11. The molecule has 1 heterocycles. The fourth-order valence-electron chi connectivity index (χ4n) is 1.89. The van der Waals surface area contributed by atoms with Crippen LogP contribution in [0.4, 0.5) is 0 Å². The van der Waals surface area contributed by atoms with E-state index in [4.69, 9.17) is 0 Å². The molecule has 0 saturated heterocycles. The zero-order valence-electron chi connectivity index (χ0n) is 11.1. The van der Waals surface area contributed by atoms with Crippen LogP contribution in [-0.4, -0.2) is 21.5 Å². The van der Waals surface area contributed by atoms with E-state index in [1.165, 1.54) is 11.3 Å². The van der Waals surface area contributed by atoms with Crippen LogP contribution in [0.15, 0.2) is 14.7 Å². The molecule has 4 nitrogen and oxygen atoms in total. The van der Waals surface area contributed by atoms with Crippen molar-refractivity contribution in [2.24, 2.45) is 11.8 Å². The first-order chi connectivity index (χ1) is 8.94. The zero-order chi connectivity index (χ0) is 14.0. The standard InChI is InChI=1S/C12H19BrN2O2S2/c1-3-14-7-10-5-11(12(13)18-10)19(16,17)15-6-9-4-8(9)2/h5,8-9,14-15H,3-4,6-7H2,1-2H3. The molecular formula is C12H19BrN2O2S2. The summed E-state index contributed by atoms with van der Waals surface area (Å²) in [7, 11) is -3.39. The Morgan fingerprint density at radius 3 is 2.79 bits per heavy atom. The average Bonchev–Trinajstić information content (AvgIpc) is 2.92. The molecule has 2 rings (SSSR count). The molecule has 2 unspecified atom stereocenters. The summed E-state index contributed by atoms with van der Waals surface area (Å²) in [6.45, 7) is 6.30. The Hall–Kier alpha value is 0.0500. The summed E-state index contributed by atoms with van der Waals surface area (Å²) in [6.07, 6.45) is 1.12. The summed E-state index contributed by atoms with van der Waals surface area (Å²) in [5, 5.41) is 3.20. The van der Waals surface area contributed by atoms with Gasteiger partial charge in [-0.05, 0) is 46.8 Å². The van der Waals surface area contributed by atoms with E-state index in [1.807, 2.05) is 6.92 Å². The van der Waals surface area contributed by atoms with Crippen molar-refractivity contribution in [3.63, 3.8) is 0 Å². The van der Waals surface area contributed by atoms with E-state index in [0.717, 1.165) is 17.8 Å². The lowest BCUT2D eigenvalue weighted by atomic mass is 10.3. The molecule has 19 heavy (non-hydrogen) atoms. The lowest BCUT2D eigenvalue weighted by Crippen LogP contribution is -2.26. The van der Waals surface area contributed by atoms with Gasteiger partial charge in [0.2, 0.25) is 10.0 Å². The first kappa shape index (κ1) is 15.4. The highest BCUT2D eigenvalue weighted by Gasteiger charge is 2.33. The molecule has 0 amide bonds. The van der Waals surface area contributed by atoms with Crippen LogP contribution in [0, 0.1) is 11.8 Å². The molecule has 2 atom stereocenters. The third-order valence-corrected chi connectivity index (χ3v) is 7.03. The van der Waals surface area contributed by atoms with Crippen molar-refractivity contribution < 1.29 is 8.42 Å². The van der Waals surface area contributed by atoms with Crippen LogP contribution >= 0.6 is 27.3 Å². The smallest absolute Gasteiger partial charge is 0.242 e. The van der Waals surface area contributed by atoms with Crippen LogP contribution in [0.2, 0.25) is 0 Å². The number of thiophene rings is 1. The largest absolute Gasteiger partial charge is 0.312 e. The van der Waals surface area contributed by atoms with Gasteiger partial charge in [-0.3, -0.25) is 0 Å². The van der Waals surface area contributed by atoms with Crippen molar-refractivity contribution in [3.05, 3.63) is 14.7 Å². The number of hydrogen-bond acceptors (Lipinski definition) is 4. The van der Waals surface area contributed by atoms with E-state index in [0.29, 0.717) is 33.6 Å². The van der Waals surface area contributed by atoms with Gasteiger partial charge >= 0.3 is 0 Å². The van der Waals surface area contributed by atoms with Gasteiger partial charge in [-0.1, -0.05) is 13.8 Å². The van der Waals surface area contributed by atoms with Crippen molar-refractivity contribution >= 4 is 37.3 Å². The second-order valence-electron chi connectivity index (χ2n) is 4.96. The van der Waals surface area contributed by atoms with Gasteiger partial charge < -0.3 is 5.32 Å².